The van der Waals surface area contributed by atoms with Crippen molar-refractivity contribution in [3.05, 3.63) is 59.7 Å². The van der Waals surface area contributed by atoms with Crippen molar-refractivity contribution in [2.45, 2.75) is 33.7 Å². The first kappa shape index (κ1) is 18.8. The molecule has 2 aromatic rings. The third-order valence-corrected chi connectivity index (χ3v) is 5.75. The van der Waals surface area contributed by atoms with Gasteiger partial charge in [-0.15, -0.1) is 0 Å². The summed E-state index contributed by atoms with van der Waals surface area (Å²) >= 11 is 0. The molecule has 1 fully saturated rings. The number of hydrogen-bond acceptors (Lipinski definition) is 3. The van der Waals surface area contributed by atoms with Crippen LogP contribution in [0.4, 0.5) is 11.4 Å². The lowest BCUT2D eigenvalue weighted by Gasteiger charge is -2.32. The molecule has 2 unspecified atom stereocenters. The zero-order valence-electron chi connectivity index (χ0n) is 16.6. The van der Waals surface area contributed by atoms with Gasteiger partial charge in [-0.1, -0.05) is 51.1 Å². The molecule has 0 spiro atoms. The van der Waals surface area contributed by atoms with Crippen LogP contribution in [-0.2, 0) is 0 Å². The largest absolute Gasteiger partial charge is 0.378 e. The van der Waals surface area contributed by atoms with Gasteiger partial charge in [-0.05, 0) is 48.1 Å². The Morgan fingerprint density at radius 3 is 2.38 bits per heavy atom. The van der Waals surface area contributed by atoms with Crippen molar-refractivity contribution < 1.29 is 0 Å². The molecule has 0 saturated carbocycles. The van der Waals surface area contributed by atoms with E-state index in [0.29, 0.717) is 17.9 Å². The molecule has 0 bridgehead atoms. The quantitative estimate of drug-likeness (QED) is 0.779. The van der Waals surface area contributed by atoms with Gasteiger partial charge in [-0.25, -0.2) is 0 Å². The molecule has 1 heterocycles. The van der Waals surface area contributed by atoms with E-state index in [2.05, 4.69) is 91.8 Å². The third-order valence-electron chi connectivity index (χ3n) is 5.75. The second kappa shape index (κ2) is 8.59. The first-order chi connectivity index (χ1) is 12.6. The number of aryl methyl sites for hydroxylation is 1. The highest BCUT2D eigenvalue weighted by Crippen LogP contribution is 2.34. The van der Waals surface area contributed by atoms with Crippen molar-refractivity contribution in [2.75, 3.05) is 36.4 Å². The Morgan fingerprint density at radius 1 is 0.962 bits per heavy atom. The molecule has 0 amide bonds. The van der Waals surface area contributed by atoms with Gasteiger partial charge < -0.3 is 15.5 Å². The molecule has 2 N–H and O–H groups in total. The Bertz CT molecular complexity index is 704. The average Bonchev–Trinajstić information content (AvgIpc) is 2.67. The number of rotatable bonds is 6. The standard InChI is InChI=1S/C23H33N3/c1-17(2)19(4)23(22-11-6-5-8-18(22)3)25-20-9-7-10-21(16-20)26-14-12-24-13-15-26/h5-11,16-17,19,23-25H,12-15H2,1-4H3. The van der Waals surface area contributed by atoms with Gasteiger partial charge in [0.15, 0.2) is 0 Å². The maximum absolute atomic E-state index is 3.85. The summed E-state index contributed by atoms with van der Waals surface area (Å²) in [5.41, 5.74) is 5.29. The lowest BCUT2D eigenvalue weighted by molar-refractivity contribution is 0.368. The number of anilines is 2. The van der Waals surface area contributed by atoms with Gasteiger partial charge in [0.25, 0.3) is 0 Å². The summed E-state index contributed by atoms with van der Waals surface area (Å²) in [5.74, 6) is 1.16. The summed E-state index contributed by atoms with van der Waals surface area (Å²) in [5, 5.41) is 7.28. The molecule has 0 aliphatic carbocycles. The molecule has 0 radical (unpaired) electrons. The van der Waals surface area contributed by atoms with Crippen LogP contribution in [0.3, 0.4) is 0 Å². The van der Waals surface area contributed by atoms with Crippen LogP contribution in [0.2, 0.25) is 0 Å². The van der Waals surface area contributed by atoms with E-state index >= 15 is 0 Å². The van der Waals surface area contributed by atoms with Crippen LogP contribution >= 0.6 is 0 Å². The molecule has 3 heteroatoms. The van der Waals surface area contributed by atoms with Crippen LogP contribution in [0.25, 0.3) is 0 Å². The fraction of sp³-hybridized carbons (Fsp3) is 0.478. The minimum Gasteiger partial charge on any atom is -0.378 e. The molecule has 2 aromatic carbocycles. The number of nitrogens with zero attached hydrogens (tertiary/aromatic N) is 1. The second-order valence-electron chi connectivity index (χ2n) is 7.87. The smallest absolute Gasteiger partial charge is 0.0544 e. The Morgan fingerprint density at radius 2 is 1.69 bits per heavy atom. The van der Waals surface area contributed by atoms with Crippen molar-refractivity contribution in [3.63, 3.8) is 0 Å². The predicted molar refractivity (Wildman–Crippen MR) is 113 cm³/mol. The topological polar surface area (TPSA) is 27.3 Å². The van der Waals surface area contributed by atoms with E-state index < -0.39 is 0 Å². The van der Waals surface area contributed by atoms with Crippen molar-refractivity contribution in [3.8, 4) is 0 Å². The Kier molecular flexibility index (Phi) is 6.20. The van der Waals surface area contributed by atoms with Crippen LogP contribution in [0, 0.1) is 18.8 Å². The van der Waals surface area contributed by atoms with Gasteiger partial charge >= 0.3 is 0 Å². The van der Waals surface area contributed by atoms with Gasteiger partial charge in [-0.2, -0.15) is 0 Å². The molecule has 1 aliphatic rings. The van der Waals surface area contributed by atoms with E-state index in [1.54, 1.807) is 0 Å². The Balaban J connectivity index is 1.86. The van der Waals surface area contributed by atoms with Crippen molar-refractivity contribution in [1.82, 2.24) is 5.32 Å². The first-order valence-corrected chi connectivity index (χ1v) is 9.94. The van der Waals surface area contributed by atoms with E-state index in [-0.39, 0.29) is 0 Å². The number of nitrogens with one attached hydrogen (secondary N) is 2. The van der Waals surface area contributed by atoms with Crippen LogP contribution in [0.15, 0.2) is 48.5 Å². The fourth-order valence-electron chi connectivity index (χ4n) is 3.71. The zero-order chi connectivity index (χ0) is 18.5. The molecule has 3 rings (SSSR count). The minimum absolute atomic E-state index is 0.314. The van der Waals surface area contributed by atoms with Crippen molar-refractivity contribution in [1.29, 1.82) is 0 Å². The number of benzene rings is 2. The molecular weight excluding hydrogens is 318 g/mol. The first-order valence-electron chi connectivity index (χ1n) is 9.94. The number of hydrogen-bond donors (Lipinski definition) is 2. The Labute approximate surface area is 158 Å². The molecule has 2 atom stereocenters. The van der Waals surface area contributed by atoms with Crippen molar-refractivity contribution >= 4 is 11.4 Å². The van der Waals surface area contributed by atoms with E-state index in [4.69, 9.17) is 0 Å². The van der Waals surface area contributed by atoms with E-state index in [1.807, 2.05) is 0 Å². The maximum Gasteiger partial charge on any atom is 0.0544 e. The lowest BCUT2D eigenvalue weighted by Crippen LogP contribution is -2.43. The molecule has 1 aliphatic heterocycles. The summed E-state index contributed by atoms with van der Waals surface area (Å²) in [4.78, 5) is 2.47. The average molecular weight is 352 g/mol. The van der Waals surface area contributed by atoms with Gasteiger partial charge in [0, 0.05) is 37.6 Å². The molecule has 1 saturated heterocycles. The maximum atomic E-state index is 3.85. The summed E-state index contributed by atoms with van der Waals surface area (Å²) in [6, 6.07) is 18.0. The van der Waals surface area contributed by atoms with E-state index in [0.717, 1.165) is 26.2 Å². The minimum atomic E-state index is 0.314. The van der Waals surface area contributed by atoms with Gasteiger partial charge in [0.2, 0.25) is 0 Å². The molecule has 26 heavy (non-hydrogen) atoms. The highest BCUT2D eigenvalue weighted by molar-refractivity contribution is 5.59. The lowest BCUT2D eigenvalue weighted by atomic mass is 9.84. The second-order valence-corrected chi connectivity index (χ2v) is 7.87. The van der Waals surface area contributed by atoms with Crippen LogP contribution < -0.4 is 15.5 Å². The number of piperazine rings is 1. The van der Waals surface area contributed by atoms with E-state index in [9.17, 15) is 0 Å². The predicted octanol–water partition coefficient (Wildman–Crippen LogP) is 4.85. The zero-order valence-corrected chi connectivity index (χ0v) is 16.6. The van der Waals surface area contributed by atoms with E-state index in [1.165, 1.54) is 22.5 Å². The van der Waals surface area contributed by atoms with Crippen molar-refractivity contribution in [2.24, 2.45) is 11.8 Å². The summed E-state index contributed by atoms with van der Waals surface area (Å²) in [6.45, 7) is 13.5. The third kappa shape index (κ3) is 4.39. The SMILES string of the molecule is Cc1ccccc1C(Nc1cccc(N2CCNCC2)c1)C(C)C(C)C. The highest BCUT2D eigenvalue weighted by Gasteiger charge is 2.23. The molecule has 3 nitrogen and oxygen atoms in total. The van der Waals surface area contributed by atoms with Gasteiger partial charge in [0.05, 0.1) is 6.04 Å². The molecule has 140 valence electrons. The van der Waals surface area contributed by atoms with Gasteiger partial charge in [-0.3, -0.25) is 0 Å². The summed E-state index contributed by atoms with van der Waals surface area (Å²) in [6.07, 6.45) is 0. The Hall–Kier alpha value is -2.00. The summed E-state index contributed by atoms with van der Waals surface area (Å²) in [7, 11) is 0. The normalized spacial score (nSPS) is 17.2. The highest BCUT2D eigenvalue weighted by atomic mass is 15.2. The fourth-order valence-corrected chi connectivity index (χ4v) is 3.71. The van der Waals surface area contributed by atoms with Crippen LogP contribution in [0.5, 0.6) is 0 Å². The monoisotopic (exact) mass is 351 g/mol. The van der Waals surface area contributed by atoms with Crippen LogP contribution in [0.1, 0.15) is 37.9 Å². The van der Waals surface area contributed by atoms with Crippen LogP contribution in [-0.4, -0.2) is 26.2 Å². The summed E-state index contributed by atoms with van der Waals surface area (Å²) < 4.78 is 0. The molecular formula is C23H33N3. The van der Waals surface area contributed by atoms with Gasteiger partial charge in [0.1, 0.15) is 0 Å². The molecule has 0 aromatic heterocycles.